The fraction of sp³-hybridized carbons (Fsp3) is 0.455. The van der Waals surface area contributed by atoms with Crippen LogP contribution in [-0.4, -0.2) is 11.2 Å². The lowest BCUT2D eigenvalue weighted by atomic mass is 10.1. The van der Waals surface area contributed by atoms with Crippen molar-refractivity contribution in [2.24, 2.45) is 0 Å². The van der Waals surface area contributed by atoms with Gasteiger partial charge in [-0.15, -0.1) is 6.58 Å². The van der Waals surface area contributed by atoms with E-state index in [1.54, 1.807) is 12.3 Å². The van der Waals surface area contributed by atoms with E-state index in [4.69, 9.17) is 4.42 Å². The summed E-state index contributed by atoms with van der Waals surface area (Å²) in [5.74, 6) is 1.02. The summed E-state index contributed by atoms with van der Waals surface area (Å²) in [6.07, 6.45) is 6.73. The van der Waals surface area contributed by atoms with E-state index >= 15 is 0 Å². The largest absolute Gasteiger partial charge is 0.469 e. The van der Waals surface area contributed by atoms with Gasteiger partial charge in [-0.1, -0.05) is 12.5 Å². The summed E-state index contributed by atoms with van der Waals surface area (Å²) < 4.78 is 5.18. The van der Waals surface area contributed by atoms with Crippen molar-refractivity contribution >= 4 is 0 Å². The third kappa shape index (κ3) is 3.95. The normalized spacial score (nSPS) is 12.7. The van der Waals surface area contributed by atoms with Crippen molar-refractivity contribution in [1.82, 2.24) is 0 Å². The molecular formula is C11H16O2. The number of hydrogen-bond donors (Lipinski definition) is 1. The van der Waals surface area contributed by atoms with E-state index in [2.05, 4.69) is 6.58 Å². The molecule has 0 radical (unpaired) electrons. The molecule has 0 bridgehead atoms. The molecule has 1 heterocycles. The van der Waals surface area contributed by atoms with Gasteiger partial charge in [-0.05, 0) is 25.0 Å². The van der Waals surface area contributed by atoms with Crippen molar-refractivity contribution in [3.05, 3.63) is 36.8 Å². The number of rotatable bonds is 6. The number of unbranched alkanes of at least 4 members (excludes halogenated alkanes) is 1. The topological polar surface area (TPSA) is 33.4 Å². The fourth-order valence-corrected chi connectivity index (χ4v) is 1.23. The van der Waals surface area contributed by atoms with Gasteiger partial charge in [-0.2, -0.15) is 0 Å². The molecule has 2 heteroatoms. The molecule has 1 aromatic heterocycles. The molecule has 0 aliphatic rings. The maximum absolute atomic E-state index is 9.17. The molecule has 1 atom stereocenters. The van der Waals surface area contributed by atoms with Gasteiger partial charge in [0.2, 0.25) is 0 Å². The van der Waals surface area contributed by atoms with Gasteiger partial charge >= 0.3 is 0 Å². The first-order valence-electron chi connectivity index (χ1n) is 4.66. The molecule has 13 heavy (non-hydrogen) atoms. The minimum absolute atomic E-state index is 0.350. The predicted octanol–water partition coefficient (Wildman–Crippen LogP) is 2.54. The highest BCUT2D eigenvalue weighted by molar-refractivity contribution is 4.97. The van der Waals surface area contributed by atoms with Crippen LogP contribution in [0.3, 0.4) is 0 Å². The van der Waals surface area contributed by atoms with Gasteiger partial charge in [0, 0.05) is 6.42 Å². The molecule has 1 rings (SSSR count). The minimum Gasteiger partial charge on any atom is -0.469 e. The summed E-state index contributed by atoms with van der Waals surface area (Å²) in [7, 11) is 0. The van der Waals surface area contributed by atoms with E-state index in [0.29, 0.717) is 0 Å². The summed E-state index contributed by atoms with van der Waals surface area (Å²) in [4.78, 5) is 0. The molecule has 2 nitrogen and oxygen atoms in total. The SMILES string of the molecule is C=CC(O)CCCCc1ccco1. The van der Waals surface area contributed by atoms with Crippen molar-refractivity contribution < 1.29 is 9.52 Å². The van der Waals surface area contributed by atoms with Gasteiger partial charge in [0.25, 0.3) is 0 Å². The zero-order valence-corrected chi connectivity index (χ0v) is 7.78. The maximum Gasteiger partial charge on any atom is 0.103 e. The van der Waals surface area contributed by atoms with E-state index in [9.17, 15) is 5.11 Å². The predicted molar refractivity (Wildman–Crippen MR) is 52.5 cm³/mol. The standard InChI is InChI=1S/C11H16O2/c1-2-10(12)6-3-4-7-11-8-5-9-13-11/h2,5,8-10,12H,1,3-4,6-7H2. The van der Waals surface area contributed by atoms with Crippen LogP contribution in [0.2, 0.25) is 0 Å². The number of furan rings is 1. The molecule has 0 aliphatic carbocycles. The molecule has 0 fully saturated rings. The summed E-state index contributed by atoms with van der Waals surface area (Å²) >= 11 is 0. The molecule has 0 aliphatic heterocycles. The van der Waals surface area contributed by atoms with Gasteiger partial charge in [0.15, 0.2) is 0 Å². The van der Waals surface area contributed by atoms with E-state index in [1.165, 1.54) is 0 Å². The second-order valence-electron chi connectivity index (χ2n) is 3.13. The third-order valence-corrected chi connectivity index (χ3v) is 2.03. The molecule has 0 aromatic carbocycles. The second kappa shape index (κ2) is 5.60. The van der Waals surface area contributed by atoms with Gasteiger partial charge in [0.1, 0.15) is 5.76 Å². The molecule has 1 unspecified atom stereocenters. The average Bonchev–Trinajstić information content (AvgIpc) is 2.64. The quantitative estimate of drug-likeness (QED) is 0.539. The van der Waals surface area contributed by atoms with E-state index in [1.807, 2.05) is 12.1 Å². The highest BCUT2D eigenvalue weighted by Crippen LogP contribution is 2.08. The van der Waals surface area contributed by atoms with Crippen LogP contribution in [0.5, 0.6) is 0 Å². The Bertz CT molecular complexity index is 226. The molecule has 0 saturated heterocycles. The third-order valence-electron chi connectivity index (χ3n) is 2.03. The molecule has 1 aromatic rings. The van der Waals surface area contributed by atoms with E-state index in [-0.39, 0.29) is 6.10 Å². The maximum atomic E-state index is 9.17. The van der Waals surface area contributed by atoms with Crippen molar-refractivity contribution in [2.75, 3.05) is 0 Å². The summed E-state index contributed by atoms with van der Waals surface area (Å²) in [6.45, 7) is 3.52. The van der Waals surface area contributed by atoms with Crippen LogP contribution in [0.4, 0.5) is 0 Å². The Morgan fingerprint density at radius 1 is 1.54 bits per heavy atom. The molecule has 1 N–H and O–H groups in total. The van der Waals surface area contributed by atoms with Crippen LogP contribution in [-0.2, 0) is 6.42 Å². The monoisotopic (exact) mass is 180 g/mol. The number of hydrogen-bond acceptors (Lipinski definition) is 2. The van der Waals surface area contributed by atoms with Crippen LogP contribution in [0.25, 0.3) is 0 Å². The van der Waals surface area contributed by atoms with Crippen LogP contribution < -0.4 is 0 Å². The van der Waals surface area contributed by atoms with Gasteiger partial charge in [0.05, 0.1) is 12.4 Å². The van der Waals surface area contributed by atoms with Crippen molar-refractivity contribution in [1.29, 1.82) is 0 Å². The Kier molecular flexibility index (Phi) is 4.33. The number of aliphatic hydroxyl groups excluding tert-OH is 1. The van der Waals surface area contributed by atoms with Crippen molar-refractivity contribution in [2.45, 2.75) is 31.8 Å². The zero-order valence-electron chi connectivity index (χ0n) is 7.78. The summed E-state index contributed by atoms with van der Waals surface area (Å²) in [6, 6.07) is 3.87. The van der Waals surface area contributed by atoms with Crippen LogP contribution in [0, 0.1) is 0 Å². The first-order valence-corrected chi connectivity index (χ1v) is 4.66. The van der Waals surface area contributed by atoms with Crippen LogP contribution in [0.1, 0.15) is 25.0 Å². The molecular weight excluding hydrogens is 164 g/mol. The summed E-state index contributed by atoms with van der Waals surface area (Å²) in [5.41, 5.74) is 0. The zero-order chi connectivity index (χ0) is 9.52. The highest BCUT2D eigenvalue weighted by atomic mass is 16.3. The van der Waals surface area contributed by atoms with E-state index in [0.717, 1.165) is 31.4 Å². The average molecular weight is 180 g/mol. The molecule has 72 valence electrons. The fourth-order valence-electron chi connectivity index (χ4n) is 1.23. The number of aryl methyl sites for hydroxylation is 1. The Morgan fingerprint density at radius 2 is 2.38 bits per heavy atom. The van der Waals surface area contributed by atoms with Gasteiger partial charge < -0.3 is 9.52 Å². The Hall–Kier alpha value is -1.02. The smallest absolute Gasteiger partial charge is 0.103 e. The van der Waals surface area contributed by atoms with Gasteiger partial charge in [-0.3, -0.25) is 0 Å². The Labute approximate surface area is 78.9 Å². The lowest BCUT2D eigenvalue weighted by molar-refractivity contribution is 0.208. The number of aliphatic hydroxyl groups is 1. The first-order chi connectivity index (χ1) is 6.33. The van der Waals surface area contributed by atoms with Crippen molar-refractivity contribution in [3.8, 4) is 0 Å². The lowest BCUT2D eigenvalue weighted by Gasteiger charge is -2.03. The van der Waals surface area contributed by atoms with Crippen LogP contribution in [0.15, 0.2) is 35.5 Å². The van der Waals surface area contributed by atoms with Crippen LogP contribution >= 0.6 is 0 Å². The molecule has 0 saturated carbocycles. The molecule has 0 amide bonds. The lowest BCUT2D eigenvalue weighted by Crippen LogP contribution is -2.00. The second-order valence-corrected chi connectivity index (χ2v) is 3.13. The summed E-state index contributed by atoms with van der Waals surface area (Å²) in [5, 5.41) is 9.17. The Morgan fingerprint density at radius 3 is 3.00 bits per heavy atom. The van der Waals surface area contributed by atoms with E-state index < -0.39 is 0 Å². The highest BCUT2D eigenvalue weighted by Gasteiger charge is 1.99. The van der Waals surface area contributed by atoms with Gasteiger partial charge in [-0.25, -0.2) is 0 Å². The molecule has 0 spiro atoms. The first kappa shape index (κ1) is 10.1. The Balaban J connectivity index is 2.05. The minimum atomic E-state index is -0.350. The van der Waals surface area contributed by atoms with Crippen molar-refractivity contribution in [3.63, 3.8) is 0 Å².